The minimum atomic E-state index is -4.08. The van der Waals surface area contributed by atoms with Gasteiger partial charge in [-0.25, -0.2) is 12.8 Å². The molecule has 0 aromatic heterocycles. The second-order valence-electron chi connectivity index (χ2n) is 4.75. The van der Waals surface area contributed by atoms with Crippen molar-refractivity contribution in [3.05, 3.63) is 58.9 Å². The smallest absolute Gasteiger partial charge is 0.264 e. The first-order valence-electron chi connectivity index (χ1n) is 6.44. The lowest BCUT2D eigenvalue weighted by atomic mass is 10.2. The highest BCUT2D eigenvalue weighted by molar-refractivity contribution is 7.92. The van der Waals surface area contributed by atoms with E-state index in [0.29, 0.717) is 10.6 Å². The van der Waals surface area contributed by atoms with Crippen molar-refractivity contribution in [1.82, 2.24) is 0 Å². The van der Waals surface area contributed by atoms with Gasteiger partial charge in [-0.2, -0.15) is 0 Å². The summed E-state index contributed by atoms with van der Waals surface area (Å²) < 4.78 is 39.3. The van der Waals surface area contributed by atoms with Crippen molar-refractivity contribution in [2.45, 2.75) is 11.8 Å². The van der Waals surface area contributed by atoms with Gasteiger partial charge in [0.1, 0.15) is 12.4 Å². The van der Waals surface area contributed by atoms with E-state index in [-0.39, 0.29) is 10.6 Å². The van der Waals surface area contributed by atoms with Crippen LogP contribution in [0.15, 0.2) is 47.4 Å². The quantitative estimate of drug-likeness (QED) is 0.747. The first-order chi connectivity index (χ1) is 10.7. The van der Waals surface area contributed by atoms with E-state index < -0.39 is 27.6 Å². The van der Waals surface area contributed by atoms with Gasteiger partial charge in [-0.15, -0.1) is 0 Å². The summed E-state index contributed by atoms with van der Waals surface area (Å²) in [7, 11) is -4.08. The largest absolute Gasteiger partial charge is 0.279 e. The Labute approximate surface area is 143 Å². The average Bonchev–Trinajstić information content (AvgIpc) is 2.48. The Morgan fingerprint density at radius 1 is 1.17 bits per heavy atom. The zero-order valence-corrected chi connectivity index (χ0v) is 14.3. The molecule has 2 aromatic rings. The molecular formula is C15H12Cl2FNO3S. The van der Waals surface area contributed by atoms with Gasteiger partial charge >= 0.3 is 0 Å². The molecule has 0 atom stereocenters. The molecule has 0 radical (unpaired) electrons. The Hall–Kier alpha value is -1.63. The fourth-order valence-corrected chi connectivity index (χ4v) is 3.67. The Kier molecular flexibility index (Phi) is 5.29. The van der Waals surface area contributed by atoms with Gasteiger partial charge in [-0.05, 0) is 66.6 Å². The third-order valence-corrected chi connectivity index (χ3v) is 5.43. The number of sulfonamides is 1. The number of nitrogens with zero attached hydrogens (tertiary/aromatic N) is 1. The number of carbonyl (C=O) groups is 1. The molecule has 122 valence electrons. The van der Waals surface area contributed by atoms with E-state index in [0.717, 1.165) is 28.6 Å². The molecular weight excluding hydrogens is 364 g/mol. The number of aryl methyl sites for hydroxylation is 1. The summed E-state index contributed by atoms with van der Waals surface area (Å²) in [6.07, 6.45) is 0. The predicted octanol–water partition coefficient (Wildman–Crippen LogP) is 3.75. The van der Waals surface area contributed by atoms with Crippen LogP contribution in [0.5, 0.6) is 0 Å². The summed E-state index contributed by atoms with van der Waals surface area (Å²) in [6, 6.07) is 8.83. The number of halogens is 3. The maximum absolute atomic E-state index is 13.0. The number of rotatable bonds is 5. The van der Waals surface area contributed by atoms with Crippen LogP contribution in [0, 0.1) is 12.7 Å². The molecule has 0 fully saturated rings. The molecule has 0 aliphatic rings. The maximum atomic E-state index is 13.0. The summed E-state index contributed by atoms with van der Waals surface area (Å²) in [6.45, 7) is 1.15. The van der Waals surface area contributed by atoms with E-state index in [1.807, 2.05) is 0 Å². The maximum Gasteiger partial charge on any atom is 0.264 e. The number of hydrogen-bond donors (Lipinski definition) is 0. The van der Waals surface area contributed by atoms with E-state index in [4.69, 9.17) is 23.2 Å². The number of anilines is 1. The summed E-state index contributed by atoms with van der Waals surface area (Å²) in [5, 5.41) is -0.381. The molecule has 0 amide bonds. The highest BCUT2D eigenvalue weighted by Gasteiger charge is 2.27. The van der Waals surface area contributed by atoms with Gasteiger partial charge in [-0.3, -0.25) is 9.10 Å². The third kappa shape index (κ3) is 4.02. The number of benzene rings is 2. The highest BCUT2D eigenvalue weighted by Crippen LogP contribution is 2.27. The molecule has 0 unspecified atom stereocenters. The van der Waals surface area contributed by atoms with Crippen LogP contribution in [0.2, 0.25) is 5.02 Å². The van der Waals surface area contributed by atoms with Crippen LogP contribution in [0.4, 0.5) is 10.1 Å². The first-order valence-corrected chi connectivity index (χ1v) is 8.64. The Morgan fingerprint density at radius 2 is 1.78 bits per heavy atom. The van der Waals surface area contributed by atoms with E-state index in [2.05, 4.69) is 0 Å². The minimum absolute atomic E-state index is 0.149. The molecule has 4 nitrogen and oxygen atoms in total. The lowest BCUT2D eigenvalue weighted by molar-refractivity contribution is -0.110. The van der Waals surface area contributed by atoms with E-state index in [1.165, 1.54) is 18.2 Å². The third-order valence-electron chi connectivity index (χ3n) is 3.10. The Balaban J connectivity index is 2.55. The number of hydrogen-bond acceptors (Lipinski definition) is 3. The summed E-state index contributed by atoms with van der Waals surface area (Å²) >= 11 is 11.3. The molecule has 8 heteroatoms. The fraction of sp³-hybridized carbons (Fsp3) is 0.133. The number of carbonyl (C=O) groups excluding carboxylic acids is 1. The van der Waals surface area contributed by atoms with Gasteiger partial charge in [0.25, 0.3) is 10.0 Å². The Bertz CT molecular complexity index is 838. The minimum Gasteiger partial charge on any atom is -0.279 e. The molecule has 0 saturated heterocycles. The van der Waals surface area contributed by atoms with Crippen molar-refractivity contribution in [3.63, 3.8) is 0 Å². The molecule has 0 bridgehead atoms. The van der Waals surface area contributed by atoms with E-state index in [1.54, 1.807) is 6.92 Å². The standard InChI is InChI=1S/C15H12Cl2FNO3S/c1-10-8-12(4-7-14(10)16)19(9-15(17)20)23(21,22)13-5-2-11(18)3-6-13/h2-8H,9H2,1H3. The van der Waals surface area contributed by atoms with Crippen LogP contribution in [0.3, 0.4) is 0 Å². The zero-order chi connectivity index (χ0) is 17.2. The zero-order valence-electron chi connectivity index (χ0n) is 12.0. The Morgan fingerprint density at radius 3 is 2.30 bits per heavy atom. The monoisotopic (exact) mass is 375 g/mol. The molecule has 0 spiro atoms. The van der Waals surface area contributed by atoms with Crippen molar-refractivity contribution >= 4 is 44.2 Å². The van der Waals surface area contributed by atoms with Gasteiger partial charge in [0, 0.05) is 5.02 Å². The fourth-order valence-electron chi connectivity index (χ4n) is 1.95. The van der Waals surface area contributed by atoms with Crippen molar-refractivity contribution in [1.29, 1.82) is 0 Å². The van der Waals surface area contributed by atoms with Crippen molar-refractivity contribution in [2.75, 3.05) is 10.8 Å². The van der Waals surface area contributed by atoms with Crippen LogP contribution >= 0.6 is 23.2 Å². The van der Waals surface area contributed by atoms with Crippen LogP contribution in [0.25, 0.3) is 0 Å². The van der Waals surface area contributed by atoms with Gasteiger partial charge in [0.2, 0.25) is 5.24 Å². The highest BCUT2D eigenvalue weighted by atomic mass is 35.5. The lowest BCUT2D eigenvalue weighted by Crippen LogP contribution is -2.34. The SMILES string of the molecule is Cc1cc(N(CC(=O)Cl)S(=O)(=O)c2ccc(F)cc2)ccc1Cl. The van der Waals surface area contributed by atoms with Crippen molar-refractivity contribution in [3.8, 4) is 0 Å². The second-order valence-corrected chi connectivity index (χ2v) is 7.45. The van der Waals surface area contributed by atoms with Crippen molar-refractivity contribution < 1.29 is 17.6 Å². The van der Waals surface area contributed by atoms with Gasteiger partial charge < -0.3 is 0 Å². The molecule has 0 saturated carbocycles. The summed E-state index contributed by atoms with van der Waals surface area (Å²) in [4.78, 5) is 11.1. The first kappa shape index (κ1) is 17.7. The van der Waals surface area contributed by atoms with E-state index >= 15 is 0 Å². The van der Waals surface area contributed by atoms with Crippen LogP contribution < -0.4 is 4.31 Å². The summed E-state index contributed by atoms with van der Waals surface area (Å²) in [5.41, 5.74) is 0.885. The second kappa shape index (κ2) is 6.86. The predicted molar refractivity (Wildman–Crippen MR) is 88.0 cm³/mol. The molecule has 2 rings (SSSR count). The van der Waals surface area contributed by atoms with Gasteiger partial charge in [0.05, 0.1) is 10.6 Å². The molecule has 23 heavy (non-hydrogen) atoms. The normalized spacial score (nSPS) is 11.3. The average molecular weight is 376 g/mol. The van der Waals surface area contributed by atoms with Crippen LogP contribution in [-0.2, 0) is 14.8 Å². The summed E-state index contributed by atoms with van der Waals surface area (Å²) in [5.74, 6) is -0.564. The van der Waals surface area contributed by atoms with Crippen molar-refractivity contribution in [2.24, 2.45) is 0 Å². The van der Waals surface area contributed by atoms with Gasteiger partial charge in [-0.1, -0.05) is 11.6 Å². The van der Waals surface area contributed by atoms with Crippen LogP contribution in [-0.4, -0.2) is 20.2 Å². The topological polar surface area (TPSA) is 54.5 Å². The van der Waals surface area contributed by atoms with Crippen LogP contribution in [0.1, 0.15) is 5.56 Å². The molecule has 0 aliphatic carbocycles. The molecule has 2 aromatic carbocycles. The van der Waals surface area contributed by atoms with E-state index in [9.17, 15) is 17.6 Å². The van der Waals surface area contributed by atoms with Gasteiger partial charge in [0.15, 0.2) is 0 Å². The molecule has 0 heterocycles. The lowest BCUT2D eigenvalue weighted by Gasteiger charge is -2.23. The molecule has 0 N–H and O–H groups in total. The molecule has 0 aliphatic heterocycles.